The summed E-state index contributed by atoms with van der Waals surface area (Å²) < 4.78 is 5.00. The molecule has 0 bridgehead atoms. The van der Waals surface area contributed by atoms with Crippen molar-refractivity contribution in [3.63, 3.8) is 0 Å². The van der Waals surface area contributed by atoms with Gasteiger partial charge in [0, 0.05) is 0 Å². The Balaban J connectivity index is 3.80. The van der Waals surface area contributed by atoms with Crippen LogP contribution in [0.2, 0.25) is 0 Å². The predicted octanol–water partition coefficient (Wildman–Crippen LogP) is 3.07. The fourth-order valence-electron chi connectivity index (χ4n) is 1.44. The van der Waals surface area contributed by atoms with Gasteiger partial charge in [-0.25, -0.2) is 0 Å². The Bertz CT molecular complexity index is 244. The van der Waals surface area contributed by atoms with E-state index in [9.17, 15) is 9.90 Å². The third-order valence-electron chi connectivity index (χ3n) is 2.87. The summed E-state index contributed by atoms with van der Waals surface area (Å²) >= 11 is 0. The molecule has 0 aromatic heterocycles. The maximum absolute atomic E-state index is 11.3. The van der Waals surface area contributed by atoms with Crippen LogP contribution in [-0.4, -0.2) is 23.8 Å². The van der Waals surface area contributed by atoms with E-state index in [2.05, 4.69) is 20.8 Å². The number of carbonyl (C=O) groups excluding carboxylic acids is 1. The molecule has 0 amide bonds. The molecule has 100 valence electrons. The Morgan fingerprint density at radius 3 is 2.53 bits per heavy atom. The van der Waals surface area contributed by atoms with Gasteiger partial charge in [0.2, 0.25) is 0 Å². The van der Waals surface area contributed by atoms with Gasteiger partial charge in [-0.05, 0) is 18.3 Å². The van der Waals surface area contributed by atoms with Crippen molar-refractivity contribution in [3.8, 4) is 0 Å². The Morgan fingerprint density at radius 2 is 2.00 bits per heavy atom. The lowest BCUT2D eigenvalue weighted by Gasteiger charge is -2.25. The van der Waals surface area contributed by atoms with Gasteiger partial charge in [-0.2, -0.15) is 0 Å². The van der Waals surface area contributed by atoms with E-state index in [-0.39, 0.29) is 24.4 Å². The van der Waals surface area contributed by atoms with E-state index >= 15 is 0 Å². The van der Waals surface area contributed by atoms with E-state index in [4.69, 9.17) is 4.74 Å². The Kier molecular flexibility index (Phi) is 7.88. The quantitative estimate of drug-likeness (QED) is 0.525. The van der Waals surface area contributed by atoms with E-state index in [1.807, 2.05) is 13.0 Å². The molecule has 0 aromatic rings. The summed E-state index contributed by atoms with van der Waals surface area (Å²) in [7, 11) is 0. The minimum absolute atomic E-state index is 0.0912. The number of allylic oxidation sites excluding steroid dienone is 1. The third-order valence-corrected chi connectivity index (χ3v) is 2.87. The number of carbonyl (C=O) groups is 1. The summed E-state index contributed by atoms with van der Waals surface area (Å²) in [5, 5.41) is 9.74. The molecule has 0 spiro atoms. The lowest BCUT2D eigenvalue weighted by Crippen LogP contribution is -2.25. The van der Waals surface area contributed by atoms with Crippen molar-refractivity contribution in [2.45, 2.75) is 59.5 Å². The van der Waals surface area contributed by atoms with E-state index in [0.29, 0.717) is 6.42 Å². The highest BCUT2D eigenvalue weighted by Gasteiger charge is 2.20. The second kappa shape index (κ2) is 8.29. The lowest BCUT2D eigenvalue weighted by molar-refractivity contribution is -0.146. The smallest absolute Gasteiger partial charge is 0.309 e. The largest absolute Gasteiger partial charge is 0.463 e. The molecule has 0 radical (unpaired) electrons. The van der Waals surface area contributed by atoms with E-state index in [1.54, 1.807) is 6.08 Å². The zero-order valence-corrected chi connectivity index (χ0v) is 11.5. The lowest BCUT2D eigenvalue weighted by atomic mass is 9.84. The zero-order valence-electron chi connectivity index (χ0n) is 11.5. The molecule has 3 nitrogen and oxygen atoms in total. The van der Waals surface area contributed by atoms with Crippen LogP contribution >= 0.6 is 0 Å². The number of ether oxygens (including phenoxy) is 1. The topological polar surface area (TPSA) is 46.5 Å². The first-order valence-corrected chi connectivity index (χ1v) is 6.40. The summed E-state index contributed by atoms with van der Waals surface area (Å²) in [5.74, 6) is -0.275. The molecule has 0 rings (SSSR count). The van der Waals surface area contributed by atoms with E-state index < -0.39 is 6.10 Å². The second-order valence-electron chi connectivity index (χ2n) is 5.14. The Morgan fingerprint density at radius 1 is 1.35 bits per heavy atom. The number of esters is 1. The van der Waals surface area contributed by atoms with Gasteiger partial charge in [0.15, 0.2) is 0 Å². The van der Waals surface area contributed by atoms with Gasteiger partial charge >= 0.3 is 5.97 Å². The highest BCUT2D eigenvalue weighted by molar-refractivity contribution is 5.71. The molecule has 0 saturated carbocycles. The van der Waals surface area contributed by atoms with Crippen molar-refractivity contribution < 1.29 is 14.6 Å². The van der Waals surface area contributed by atoms with Crippen LogP contribution in [0.1, 0.15) is 53.4 Å². The molecule has 1 N–H and O–H groups in total. The monoisotopic (exact) mass is 242 g/mol. The SMILES string of the molecule is CC/C=C\CC(=O)OCC(O)CC(C)(C)CC. The van der Waals surface area contributed by atoms with Crippen LogP contribution in [-0.2, 0) is 9.53 Å². The van der Waals surface area contributed by atoms with Gasteiger partial charge in [-0.3, -0.25) is 4.79 Å². The van der Waals surface area contributed by atoms with Crippen LogP contribution < -0.4 is 0 Å². The second-order valence-corrected chi connectivity index (χ2v) is 5.14. The van der Waals surface area contributed by atoms with Crippen LogP contribution in [0.15, 0.2) is 12.2 Å². The molecular formula is C14H26O3. The maximum Gasteiger partial charge on any atom is 0.309 e. The van der Waals surface area contributed by atoms with Crippen LogP contribution in [0.5, 0.6) is 0 Å². The van der Waals surface area contributed by atoms with Gasteiger partial charge in [0.05, 0.1) is 12.5 Å². The molecule has 0 aliphatic rings. The molecule has 1 unspecified atom stereocenters. The first-order valence-electron chi connectivity index (χ1n) is 6.40. The van der Waals surface area contributed by atoms with Crippen molar-refractivity contribution in [3.05, 3.63) is 12.2 Å². The number of hydrogen-bond donors (Lipinski definition) is 1. The summed E-state index contributed by atoms with van der Waals surface area (Å²) in [6.45, 7) is 8.40. The third kappa shape index (κ3) is 8.93. The van der Waals surface area contributed by atoms with Crippen molar-refractivity contribution in [1.29, 1.82) is 0 Å². The zero-order chi connectivity index (χ0) is 13.3. The number of aliphatic hydroxyl groups is 1. The fourth-order valence-corrected chi connectivity index (χ4v) is 1.44. The molecular weight excluding hydrogens is 216 g/mol. The van der Waals surface area contributed by atoms with Crippen molar-refractivity contribution in [2.75, 3.05) is 6.61 Å². The highest BCUT2D eigenvalue weighted by Crippen LogP contribution is 2.26. The predicted molar refractivity (Wildman–Crippen MR) is 69.7 cm³/mol. The van der Waals surface area contributed by atoms with Gasteiger partial charge in [-0.1, -0.05) is 46.3 Å². The maximum atomic E-state index is 11.3. The minimum Gasteiger partial charge on any atom is -0.463 e. The first-order chi connectivity index (χ1) is 7.91. The molecule has 0 aliphatic carbocycles. The molecule has 0 saturated heterocycles. The standard InChI is InChI=1S/C14H26O3/c1-5-7-8-9-13(16)17-11-12(15)10-14(3,4)6-2/h7-8,12,15H,5-6,9-11H2,1-4H3/b8-7-. The normalized spacial score (nSPS) is 13.9. The van der Waals surface area contributed by atoms with Crippen LogP contribution in [0, 0.1) is 5.41 Å². The van der Waals surface area contributed by atoms with Crippen molar-refractivity contribution in [1.82, 2.24) is 0 Å². The molecule has 0 heterocycles. The summed E-state index contributed by atoms with van der Waals surface area (Å²) in [5.41, 5.74) is 0.0912. The molecule has 3 heteroatoms. The highest BCUT2D eigenvalue weighted by atomic mass is 16.5. The minimum atomic E-state index is -0.566. The van der Waals surface area contributed by atoms with Crippen molar-refractivity contribution >= 4 is 5.97 Å². The average molecular weight is 242 g/mol. The van der Waals surface area contributed by atoms with Crippen LogP contribution in [0.3, 0.4) is 0 Å². The Labute approximate surface area is 105 Å². The molecule has 0 aromatic carbocycles. The number of rotatable bonds is 8. The van der Waals surface area contributed by atoms with Gasteiger partial charge in [-0.15, -0.1) is 0 Å². The summed E-state index contributed by atoms with van der Waals surface area (Å²) in [6.07, 6.45) is 6.02. The van der Waals surface area contributed by atoms with Crippen molar-refractivity contribution in [2.24, 2.45) is 5.41 Å². The van der Waals surface area contributed by atoms with Gasteiger partial charge < -0.3 is 9.84 Å². The summed E-state index contributed by atoms with van der Waals surface area (Å²) in [4.78, 5) is 11.3. The van der Waals surface area contributed by atoms with E-state index in [0.717, 1.165) is 12.8 Å². The molecule has 0 aliphatic heterocycles. The van der Waals surface area contributed by atoms with Crippen LogP contribution in [0.25, 0.3) is 0 Å². The number of hydrogen-bond acceptors (Lipinski definition) is 3. The van der Waals surface area contributed by atoms with Gasteiger partial charge in [0.1, 0.15) is 6.61 Å². The Hall–Kier alpha value is -0.830. The first kappa shape index (κ1) is 16.2. The number of aliphatic hydroxyl groups excluding tert-OH is 1. The molecule has 0 fully saturated rings. The van der Waals surface area contributed by atoms with E-state index in [1.165, 1.54) is 0 Å². The fraction of sp³-hybridized carbons (Fsp3) is 0.786. The van der Waals surface area contributed by atoms with Gasteiger partial charge in [0.25, 0.3) is 0 Å². The summed E-state index contributed by atoms with van der Waals surface area (Å²) in [6, 6.07) is 0. The van der Waals surface area contributed by atoms with Crippen LogP contribution in [0.4, 0.5) is 0 Å². The molecule has 1 atom stereocenters. The molecule has 17 heavy (non-hydrogen) atoms. The average Bonchev–Trinajstić information content (AvgIpc) is 2.26.